The molecule has 0 saturated heterocycles. The van der Waals surface area contributed by atoms with Crippen LogP contribution in [-0.2, 0) is 0 Å². The molecule has 0 bridgehead atoms. The Hall–Kier alpha value is -0.0451. The van der Waals surface area contributed by atoms with Crippen LogP contribution in [0, 0.1) is 0 Å². The van der Waals surface area contributed by atoms with Gasteiger partial charge in [0.05, 0.1) is 8.41 Å². The molecule has 0 spiro atoms. The molecule has 0 aliphatic heterocycles. The van der Waals surface area contributed by atoms with Crippen molar-refractivity contribution in [1.29, 1.82) is 0 Å². The van der Waals surface area contributed by atoms with Gasteiger partial charge in [0.1, 0.15) is 6.29 Å². The number of hydrogen-bond acceptors (Lipinski definition) is 1. The van der Waals surface area contributed by atoms with E-state index in [1.165, 1.54) is 0 Å². The first kappa shape index (κ1) is 12.6. The number of benzene rings is 1. The molecule has 0 aliphatic rings. The summed E-state index contributed by atoms with van der Waals surface area (Å²) in [6, 6.07) is 9.10. The van der Waals surface area contributed by atoms with Crippen LogP contribution in [0.3, 0.4) is 0 Å². The van der Waals surface area contributed by atoms with Gasteiger partial charge in [0.25, 0.3) is 0 Å². The Bertz CT molecular complexity index is 176. The van der Waals surface area contributed by atoms with E-state index in [-0.39, 0.29) is 38.0 Å². The summed E-state index contributed by atoms with van der Waals surface area (Å²) >= 11 is 0. The summed E-state index contributed by atoms with van der Waals surface area (Å²) in [5, 5.41) is 0. The van der Waals surface area contributed by atoms with Gasteiger partial charge in [-0.3, -0.25) is 4.79 Å². The van der Waals surface area contributed by atoms with E-state index in [0.717, 1.165) is 11.8 Å². The molecule has 1 rings (SSSR count). The predicted molar refractivity (Wildman–Crippen MR) is 48.9 cm³/mol. The van der Waals surface area contributed by atoms with Crippen molar-refractivity contribution in [3.63, 3.8) is 0 Å². The number of carbonyl (C=O) groups is 1. The Morgan fingerprint density at radius 3 is 1.90 bits per heavy atom. The van der Waals surface area contributed by atoms with Crippen LogP contribution in [0.5, 0.6) is 0 Å². The summed E-state index contributed by atoms with van der Waals surface area (Å²) in [6.45, 7) is 0. The van der Waals surface area contributed by atoms with Gasteiger partial charge in [0.2, 0.25) is 0 Å². The molecule has 0 aliphatic carbocycles. The minimum atomic E-state index is 0. The second-order valence-corrected chi connectivity index (χ2v) is 1.53. The Morgan fingerprint density at radius 2 is 1.60 bits per heavy atom. The van der Waals surface area contributed by atoms with Crippen molar-refractivity contribution in [2.24, 2.45) is 0 Å². The van der Waals surface area contributed by atoms with Gasteiger partial charge >= 0.3 is 29.6 Å². The van der Waals surface area contributed by atoms with Crippen LogP contribution in [0.25, 0.3) is 0 Å². The summed E-state index contributed by atoms with van der Waals surface area (Å²) < 4.78 is 0. The van der Waals surface area contributed by atoms with E-state index in [1.807, 2.05) is 18.2 Å². The first-order valence-corrected chi connectivity index (χ1v) is 2.44. The van der Waals surface area contributed by atoms with Crippen LogP contribution in [0.15, 0.2) is 30.3 Å². The number of rotatable bonds is 1. The fourth-order valence-corrected chi connectivity index (χ4v) is 0.532. The van der Waals surface area contributed by atoms with Crippen LogP contribution in [0.2, 0.25) is 0 Å². The van der Waals surface area contributed by atoms with E-state index in [0.29, 0.717) is 0 Å². The molecule has 48 valence electrons. The van der Waals surface area contributed by atoms with Crippen molar-refractivity contribution in [2.45, 2.75) is 0 Å². The topological polar surface area (TPSA) is 17.1 Å². The first-order valence-electron chi connectivity index (χ1n) is 2.44. The quantitative estimate of drug-likeness (QED) is 0.389. The van der Waals surface area contributed by atoms with Crippen molar-refractivity contribution in [3.8, 4) is 0 Å². The van der Waals surface area contributed by atoms with E-state index in [9.17, 15) is 4.79 Å². The number of hydrogen-bond donors (Lipinski definition) is 0. The Balaban J connectivity index is 0. The minimum absolute atomic E-state index is 0. The van der Waals surface area contributed by atoms with Gasteiger partial charge in [0, 0.05) is 5.56 Å². The third kappa shape index (κ3) is 3.88. The fourth-order valence-electron chi connectivity index (χ4n) is 0.532. The van der Waals surface area contributed by atoms with E-state index in [1.54, 1.807) is 12.1 Å². The van der Waals surface area contributed by atoms with Crippen molar-refractivity contribution in [1.82, 2.24) is 0 Å². The SMILES string of the molecule is B.O=Cc1ccccc1.[NaH]. The third-order valence-corrected chi connectivity index (χ3v) is 0.936. The number of aldehydes is 1. The standard InChI is InChI=1S/C7H6O.BH3.Na.H/c8-6-7-4-2-1-3-5-7;;;/h1-6H;1H3;;. The fraction of sp³-hybridized carbons (Fsp3) is 0. The predicted octanol–water partition coefficient (Wildman–Crippen LogP) is -0.333. The molecule has 0 unspecified atom stereocenters. The maximum atomic E-state index is 10.0. The van der Waals surface area contributed by atoms with Crippen molar-refractivity contribution >= 4 is 44.3 Å². The molecular weight excluding hydrogens is 134 g/mol. The van der Waals surface area contributed by atoms with Crippen LogP contribution in [0.1, 0.15) is 10.4 Å². The van der Waals surface area contributed by atoms with Gasteiger partial charge in [-0.1, -0.05) is 30.3 Å². The maximum absolute atomic E-state index is 10.0. The normalized spacial score (nSPS) is 6.80. The molecule has 0 amide bonds. The van der Waals surface area contributed by atoms with Crippen LogP contribution in [0.4, 0.5) is 0 Å². The molecule has 0 fully saturated rings. The van der Waals surface area contributed by atoms with E-state index in [2.05, 4.69) is 0 Å². The first-order chi connectivity index (χ1) is 3.93. The third-order valence-electron chi connectivity index (χ3n) is 0.936. The van der Waals surface area contributed by atoms with E-state index >= 15 is 0 Å². The van der Waals surface area contributed by atoms with Gasteiger partial charge in [-0.05, 0) is 0 Å². The molecule has 3 heteroatoms. The summed E-state index contributed by atoms with van der Waals surface area (Å²) in [5.74, 6) is 0. The Kier molecular flexibility index (Phi) is 8.91. The molecular formula is C7H10BNaO. The molecule has 1 aromatic rings. The summed E-state index contributed by atoms with van der Waals surface area (Å²) in [6.07, 6.45) is 0.833. The molecule has 0 atom stereocenters. The molecule has 0 aromatic heterocycles. The Labute approximate surface area is 84.7 Å². The van der Waals surface area contributed by atoms with E-state index in [4.69, 9.17) is 0 Å². The second-order valence-electron chi connectivity index (χ2n) is 1.53. The Morgan fingerprint density at radius 1 is 1.10 bits per heavy atom. The molecule has 1 nitrogen and oxygen atoms in total. The van der Waals surface area contributed by atoms with Gasteiger partial charge in [-0.2, -0.15) is 0 Å². The monoisotopic (exact) mass is 144 g/mol. The average molecular weight is 144 g/mol. The molecule has 0 heterocycles. The molecule has 10 heavy (non-hydrogen) atoms. The second kappa shape index (κ2) is 7.07. The summed E-state index contributed by atoms with van der Waals surface area (Å²) in [4.78, 5) is 10.0. The van der Waals surface area contributed by atoms with E-state index < -0.39 is 0 Å². The summed E-state index contributed by atoms with van der Waals surface area (Å²) in [5.41, 5.74) is 0.729. The zero-order valence-electron chi connectivity index (χ0n) is 4.37. The van der Waals surface area contributed by atoms with Crippen molar-refractivity contribution in [3.05, 3.63) is 35.9 Å². The van der Waals surface area contributed by atoms with Crippen LogP contribution in [-0.4, -0.2) is 44.3 Å². The average Bonchev–Trinajstić information content (AvgIpc) is 1.90. The van der Waals surface area contributed by atoms with Crippen LogP contribution >= 0.6 is 0 Å². The molecule has 1 aromatic carbocycles. The van der Waals surface area contributed by atoms with Crippen molar-refractivity contribution in [2.75, 3.05) is 0 Å². The van der Waals surface area contributed by atoms with Gasteiger partial charge in [-0.15, -0.1) is 0 Å². The number of carbonyl (C=O) groups excluding carboxylic acids is 1. The van der Waals surface area contributed by atoms with Gasteiger partial charge in [-0.25, -0.2) is 0 Å². The van der Waals surface area contributed by atoms with Crippen LogP contribution < -0.4 is 0 Å². The molecule has 0 saturated carbocycles. The van der Waals surface area contributed by atoms with Crippen molar-refractivity contribution < 1.29 is 4.79 Å². The molecule has 0 radical (unpaired) electrons. The van der Waals surface area contributed by atoms with Gasteiger partial charge in [0.15, 0.2) is 0 Å². The molecule has 0 N–H and O–H groups in total. The van der Waals surface area contributed by atoms with Gasteiger partial charge < -0.3 is 0 Å². The zero-order chi connectivity index (χ0) is 5.82. The summed E-state index contributed by atoms with van der Waals surface area (Å²) in [7, 11) is 0. The zero-order valence-corrected chi connectivity index (χ0v) is 4.37.